The van der Waals surface area contributed by atoms with E-state index in [0.29, 0.717) is 12.2 Å². The molecule has 0 radical (unpaired) electrons. The van der Waals surface area contributed by atoms with Crippen LogP contribution >= 0.6 is 0 Å². The fourth-order valence-corrected chi connectivity index (χ4v) is 3.46. The lowest BCUT2D eigenvalue weighted by Gasteiger charge is -2.47. The Balaban J connectivity index is 1.96. The van der Waals surface area contributed by atoms with Crippen LogP contribution in [0.15, 0.2) is 0 Å². The van der Waals surface area contributed by atoms with Crippen LogP contribution in [0.4, 0.5) is 0 Å². The van der Waals surface area contributed by atoms with Crippen molar-refractivity contribution in [1.82, 2.24) is 4.90 Å². The van der Waals surface area contributed by atoms with E-state index in [-0.39, 0.29) is 5.54 Å². The fraction of sp³-hybridized carbons (Fsp3) is 1.00. The monoisotopic (exact) mass is 256 g/mol. The molecule has 4 heteroatoms. The molecule has 18 heavy (non-hydrogen) atoms. The third kappa shape index (κ3) is 3.05. The Hall–Kier alpha value is -0.160. The highest BCUT2D eigenvalue weighted by atomic mass is 16.5. The number of nitrogens with two attached hydrogens (primary N) is 1. The zero-order valence-corrected chi connectivity index (χ0v) is 11.9. The van der Waals surface area contributed by atoms with E-state index in [2.05, 4.69) is 11.9 Å². The van der Waals surface area contributed by atoms with Crippen LogP contribution in [0.5, 0.6) is 0 Å². The molecule has 1 heterocycles. The molecule has 106 valence electrons. The van der Waals surface area contributed by atoms with Gasteiger partial charge in [0.25, 0.3) is 0 Å². The molecule has 0 aromatic heterocycles. The van der Waals surface area contributed by atoms with Crippen LogP contribution in [-0.4, -0.2) is 56.5 Å². The molecule has 4 nitrogen and oxygen atoms in total. The zero-order valence-electron chi connectivity index (χ0n) is 11.9. The van der Waals surface area contributed by atoms with Crippen LogP contribution in [0.2, 0.25) is 0 Å². The molecule has 2 aliphatic rings. The lowest BCUT2D eigenvalue weighted by molar-refractivity contribution is -0.0295. The van der Waals surface area contributed by atoms with E-state index in [1.54, 1.807) is 0 Å². The summed E-state index contributed by atoms with van der Waals surface area (Å²) in [4.78, 5) is 2.44. The molecule has 0 aromatic carbocycles. The van der Waals surface area contributed by atoms with Crippen molar-refractivity contribution >= 4 is 0 Å². The summed E-state index contributed by atoms with van der Waals surface area (Å²) in [5, 5.41) is 0. The summed E-state index contributed by atoms with van der Waals surface area (Å²) < 4.78 is 11.3. The quantitative estimate of drug-likeness (QED) is 0.807. The van der Waals surface area contributed by atoms with E-state index in [0.717, 1.165) is 26.1 Å². The van der Waals surface area contributed by atoms with Gasteiger partial charge in [0, 0.05) is 32.3 Å². The van der Waals surface area contributed by atoms with E-state index in [9.17, 15) is 0 Å². The third-order valence-corrected chi connectivity index (χ3v) is 4.80. The summed E-state index contributed by atoms with van der Waals surface area (Å²) in [6.07, 6.45) is 7.80. The number of hydrogen-bond donors (Lipinski definition) is 1. The lowest BCUT2D eigenvalue weighted by Crippen LogP contribution is -2.57. The largest absolute Gasteiger partial charge is 0.381 e. The number of rotatable bonds is 5. The minimum atomic E-state index is 0.116. The van der Waals surface area contributed by atoms with E-state index in [4.69, 9.17) is 15.2 Å². The molecule has 1 aliphatic heterocycles. The molecule has 2 fully saturated rings. The van der Waals surface area contributed by atoms with Gasteiger partial charge in [-0.15, -0.1) is 0 Å². The molecular formula is C14H28N2O2. The predicted octanol–water partition coefficient (Wildman–Crippen LogP) is 1.38. The second-order valence-corrected chi connectivity index (χ2v) is 5.90. The Bertz CT molecular complexity index is 256. The van der Waals surface area contributed by atoms with E-state index >= 15 is 0 Å². The normalized spacial score (nSPS) is 37.3. The number of ether oxygens (including phenoxy) is 2. The van der Waals surface area contributed by atoms with Gasteiger partial charge in [0.15, 0.2) is 0 Å². The average molecular weight is 256 g/mol. The first-order valence-electron chi connectivity index (χ1n) is 7.26. The maximum absolute atomic E-state index is 6.09. The highest BCUT2D eigenvalue weighted by Gasteiger charge is 2.39. The van der Waals surface area contributed by atoms with E-state index < -0.39 is 0 Å². The number of likely N-dealkylation sites (N-methyl/N-ethyl adjacent to an activating group) is 1. The van der Waals surface area contributed by atoms with Gasteiger partial charge in [-0.05, 0) is 45.6 Å². The zero-order chi connectivity index (χ0) is 13.0. The second-order valence-electron chi connectivity index (χ2n) is 5.90. The fourth-order valence-electron chi connectivity index (χ4n) is 3.46. The molecule has 0 aromatic rings. The van der Waals surface area contributed by atoms with Gasteiger partial charge in [0.1, 0.15) is 0 Å². The minimum Gasteiger partial charge on any atom is -0.381 e. The minimum absolute atomic E-state index is 0.116. The molecule has 3 unspecified atom stereocenters. The van der Waals surface area contributed by atoms with Crippen molar-refractivity contribution in [2.24, 2.45) is 5.73 Å². The first kappa shape index (κ1) is 14.3. The lowest BCUT2D eigenvalue weighted by atomic mass is 9.78. The van der Waals surface area contributed by atoms with Crippen LogP contribution < -0.4 is 5.73 Å². The first-order valence-corrected chi connectivity index (χ1v) is 7.26. The summed E-state index contributed by atoms with van der Waals surface area (Å²) in [5.74, 6) is 0. The van der Waals surface area contributed by atoms with Gasteiger partial charge in [-0.3, -0.25) is 4.90 Å². The Kier molecular flexibility index (Phi) is 5.01. The first-order chi connectivity index (χ1) is 8.70. The van der Waals surface area contributed by atoms with Gasteiger partial charge in [-0.25, -0.2) is 0 Å². The number of hydrogen-bond acceptors (Lipinski definition) is 4. The second kappa shape index (κ2) is 6.33. The van der Waals surface area contributed by atoms with Crippen LogP contribution in [0.3, 0.4) is 0 Å². The van der Waals surface area contributed by atoms with E-state index in [1.807, 2.05) is 7.11 Å². The maximum atomic E-state index is 6.09. The summed E-state index contributed by atoms with van der Waals surface area (Å²) in [7, 11) is 4.02. The van der Waals surface area contributed by atoms with Crippen LogP contribution in [0.25, 0.3) is 0 Å². The summed E-state index contributed by atoms with van der Waals surface area (Å²) in [6, 6.07) is 0. The molecule has 1 saturated carbocycles. The molecule has 0 spiro atoms. The van der Waals surface area contributed by atoms with Crippen molar-refractivity contribution in [3.63, 3.8) is 0 Å². The highest BCUT2D eigenvalue weighted by Crippen LogP contribution is 2.34. The molecule has 3 atom stereocenters. The van der Waals surface area contributed by atoms with Crippen molar-refractivity contribution in [1.29, 1.82) is 0 Å². The number of methoxy groups -OCH3 is 1. The molecule has 0 amide bonds. The molecular weight excluding hydrogens is 228 g/mol. The Labute approximate surface area is 111 Å². The van der Waals surface area contributed by atoms with Crippen molar-refractivity contribution in [2.75, 3.05) is 33.9 Å². The smallest absolute Gasteiger partial charge is 0.0702 e. The van der Waals surface area contributed by atoms with Gasteiger partial charge < -0.3 is 15.2 Å². The van der Waals surface area contributed by atoms with Crippen molar-refractivity contribution < 1.29 is 9.47 Å². The Morgan fingerprint density at radius 1 is 1.39 bits per heavy atom. The van der Waals surface area contributed by atoms with Gasteiger partial charge >= 0.3 is 0 Å². The van der Waals surface area contributed by atoms with Crippen LogP contribution in [0.1, 0.15) is 38.5 Å². The van der Waals surface area contributed by atoms with Crippen molar-refractivity contribution in [2.45, 2.75) is 56.3 Å². The van der Waals surface area contributed by atoms with Crippen molar-refractivity contribution in [3.8, 4) is 0 Å². The van der Waals surface area contributed by atoms with Gasteiger partial charge in [0.05, 0.1) is 12.2 Å². The summed E-state index contributed by atoms with van der Waals surface area (Å²) >= 11 is 0. The Morgan fingerprint density at radius 3 is 2.83 bits per heavy atom. The maximum Gasteiger partial charge on any atom is 0.0702 e. The average Bonchev–Trinajstić information content (AvgIpc) is 2.91. The molecule has 1 saturated heterocycles. The standard InChI is InChI=1S/C14H28N2O2/c1-16(10-13-6-4-8-18-13)14(11-15)7-3-5-12(9-14)17-2/h12-13H,3-11,15H2,1-2H3. The SMILES string of the molecule is COC1CCCC(CN)(N(C)CC2CCCO2)C1. The summed E-state index contributed by atoms with van der Waals surface area (Å²) in [5.41, 5.74) is 6.21. The molecule has 1 aliphatic carbocycles. The van der Waals surface area contributed by atoms with E-state index in [1.165, 1.54) is 32.1 Å². The predicted molar refractivity (Wildman–Crippen MR) is 72.7 cm³/mol. The highest BCUT2D eigenvalue weighted by molar-refractivity contribution is 4.96. The summed E-state index contributed by atoms with van der Waals surface area (Å²) in [6.45, 7) is 2.65. The Morgan fingerprint density at radius 2 is 2.22 bits per heavy atom. The molecule has 2 N–H and O–H groups in total. The van der Waals surface area contributed by atoms with Crippen molar-refractivity contribution in [3.05, 3.63) is 0 Å². The molecule has 0 bridgehead atoms. The molecule has 2 rings (SSSR count). The third-order valence-electron chi connectivity index (χ3n) is 4.80. The van der Waals surface area contributed by atoms with Gasteiger partial charge in [-0.2, -0.15) is 0 Å². The van der Waals surface area contributed by atoms with Gasteiger partial charge in [-0.1, -0.05) is 0 Å². The van der Waals surface area contributed by atoms with Crippen LogP contribution in [0, 0.1) is 0 Å². The topological polar surface area (TPSA) is 47.7 Å². The number of nitrogens with zero attached hydrogens (tertiary/aromatic N) is 1. The van der Waals surface area contributed by atoms with Crippen LogP contribution in [-0.2, 0) is 9.47 Å². The van der Waals surface area contributed by atoms with Gasteiger partial charge in [0.2, 0.25) is 0 Å².